The number of benzene rings is 1. The highest BCUT2D eigenvalue weighted by molar-refractivity contribution is 5.77. The first-order chi connectivity index (χ1) is 11.2. The standard InChI is InChI=1S/C16H17N5O2/c1-17-14(22)8-13-19-15(23-20-13)9-21-12-5-3-2-4-11(12)18-16(21)10-6-7-10/h2-5,10H,6-9H2,1H3,(H,17,22). The molecule has 0 bridgehead atoms. The lowest BCUT2D eigenvalue weighted by Crippen LogP contribution is -2.20. The SMILES string of the molecule is CNC(=O)Cc1noc(Cn2c(C3CC3)nc3ccccc32)n1. The van der Waals surface area contributed by atoms with Gasteiger partial charge in [0.15, 0.2) is 5.82 Å². The molecule has 2 heterocycles. The first kappa shape index (κ1) is 13.9. The molecule has 0 unspecified atom stereocenters. The number of nitrogens with one attached hydrogen (secondary N) is 1. The van der Waals surface area contributed by atoms with E-state index >= 15 is 0 Å². The van der Waals surface area contributed by atoms with Crippen LogP contribution in [0.5, 0.6) is 0 Å². The Morgan fingerprint density at radius 2 is 2.17 bits per heavy atom. The summed E-state index contributed by atoms with van der Waals surface area (Å²) in [6.45, 7) is 0.479. The molecule has 0 atom stereocenters. The number of amides is 1. The minimum absolute atomic E-state index is 0.125. The Hall–Kier alpha value is -2.70. The van der Waals surface area contributed by atoms with Gasteiger partial charge in [-0.25, -0.2) is 4.98 Å². The molecule has 2 aromatic heterocycles. The van der Waals surface area contributed by atoms with Gasteiger partial charge < -0.3 is 14.4 Å². The van der Waals surface area contributed by atoms with E-state index in [2.05, 4.69) is 26.1 Å². The van der Waals surface area contributed by atoms with E-state index in [9.17, 15) is 4.79 Å². The maximum absolute atomic E-state index is 11.4. The molecule has 4 rings (SSSR count). The highest BCUT2D eigenvalue weighted by Gasteiger charge is 2.30. The zero-order valence-electron chi connectivity index (χ0n) is 12.8. The highest BCUT2D eigenvalue weighted by Crippen LogP contribution is 2.40. The fourth-order valence-electron chi connectivity index (χ4n) is 2.71. The number of aromatic nitrogens is 4. The number of likely N-dealkylation sites (N-methyl/N-ethyl adjacent to an activating group) is 1. The highest BCUT2D eigenvalue weighted by atomic mass is 16.5. The summed E-state index contributed by atoms with van der Waals surface area (Å²) in [5, 5.41) is 6.42. The molecule has 1 saturated carbocycles. The van der Waals surface area contributed by atoms with Crippen molar-refractivity contribution in [3.05, 3.63) is 41.8 Å². The van der Waals surface area contributed by atoms with Crippen molar-refractivity contribution in [2.24, 2.45) is 0 Å². The zero-order chi connectivity index (χ0) is 15.8. The summed E-state index contributed by atoms with van der Waals surface area (Å²) in [7, 11) is 1.59. The number of nitrogens with zero attached hydrogens (tertiary/aromatic N) is 4. The second-order valence-electron chi connectivity index (χ2n) is 5.77. The summed E-state index contributed by atoms with van der Waals surface area (Å²) < 4.78 is 7.44. The Balaban J connectivity index is 1.64. The van der Waals surface area contributed by atoms with Crippen molar-refractivity contribution in [1.82, 2.24) is 25.0 Å². The molecule has 118 valence electrons. The second kappa shape index (κ2) is 5.49. The third kappa shape index (κ3) is 2.69. The van der Waals surface area contributed by atoms with Crippen molar-refractivity contribution in [1.29, 1.82) is 0 Å². The molecule has 1 amide bonds. The van der Waals surface area contributed by atoms with Gasteiger partial charge in [0, 0.05) is 13.0 Å². The van der Waals surface area contributed by atoms with E-state index in [1.165, 1.54) is 12.8 Å². The van der Waals surface area contributed by atoms with Crippen LogP contribution in [0.25, 0.3) is 11.0 Å². The molecule has 1 aliphatic rings. The number of carbonyl (C=O) groups excluding carboxylic acids is 1. The van der Waals surface area contributed by atoms with Crippen molar-refractivity contribution in [3.8, 4) is 0 Å². The molecule has 1 aliphatic carbocycles. The quantitative estimate of drug-likeness (QED) is 0.774. The number of para-hydroxylation sites is 2. The number of hydrogen-bond donors (Lipinski definition) is 1. The second-order valence-corrected chi connectivity index (χ2v) is 5.77. The van der Waals surface area contributed by atoms with Crippen molar-refractivity contribution >= 4 is 16.9 Å². The van der Waals surface area contributed by atoms with E-state index < -0.39 is 0 Å². The molecule has 1 aromatic carbocycles. The van der Waals surface area contributed by atoms with Gasteiger partial charge in [-0.05, 0) is 25.0 Å². The number of hydrogen-bond acceptors (Lipinski definition) is 5. The molecule has 1 fully saturated rings. The van der Waals surface area contributed by atoms with E-state index in [1.807, 2.05) is 18.2 Å². The largest absolute Gasteiger partial charge is 0.359 e. The van der Waals surface area contributed by atoms with Crippen molar-refractivity contribution in [2.75, 3.05) is 7.05 Å². The molecular weight excluding hydrogens is 294 g/mol. The summed E-state index contributed by atoms with van der Waals surface area (Å²) in [5.41, 5.74) is 2.06. The van der Waals surface area contributed by atoms with Crippen LogP contribution in [0.15, 0.2) is 28.8 Å². The molecule has 1 N–H and O–H groups in total. The third-order valence-corrected chi connectivity index (χ3v) is 4.03. The van der Waals surface area contributed by atoms with Crippen LogP contribution >= 0.6 is 0 Å². The normalized spacial score (nSPS) is 14.3. The van der Waals surface area contributed by atoms with Gasteiger partial charge >= 0.3 is 0 Å². The van der Waals surface area contributed by atoms with Crippen LogP contribution in [0.3, 0.4) is 0 Å². The van der Waals surface area contributed by atoms with E-state index in [-0.39, 0.29) is 12.3 Å². The molecular formula is C16H17N5O2. The molecule has 0 aliphatic heterocycles. The summed E-state index contributed by atoms with van der Waals surface area (Å²) in [6.07, 6.45) is 2.48. The number of carbonyl (C=O) groups is 1. The summed E-state index contributed by atoms with van der Waals surface area (Å²) in [5.74, 6) is 2.36. The van der Waals surface area contributed by atoms with Gasteiger partial charge in [0.25, 0.3) is 0 Å². The van der Waals surface area contributed by atoms with Gasteiger partial charge in [-0.2, -0.15) is 4.98 Å². The molecule has 0 spiro atoms. The van der Waals surface area contributed by atoms with Crippen molar-refractivity contribution in [2.45, 2.75) is 31.7 Å². The first-order valence-corrected chi connectivity index (χ1v) is 7.72. The van der Waals surface area contributed by atoms with Gasteiger partial charge in [-0.1, -0.05) is 17.3 Å². The van der Waals surface area contributed by atoms with Crippen LogP contribution in [0.4, 0.5) is 0 Å². The van der Waals surface area contributed by atoms with Crippen LogP contribution < -0.4 is 5.32 Å². The predicted octanol–water partition coefficient (Wildman–Crippen LogP) is 1.63. The van der Waals surface area contributed by atoms with Crippen LogP contribution in [-0.4, -0.2) is 32.6 Å². The van der Waals surface area contributed by atoms with Gasteiger partial charge in [0.1, 0.15) is 12.4 Å². The maximum Gasteiger partial charge on any atom is 0.246 e. The minimum atomic E-state index is -0.135. The maximum atomic E-state index is 11.4. The van der Waals surface area contributed by atoms with Crippen LogP contribution in [-0.2, 0) is 17.8 Å². The minimum Gasteiger partial charge on any atom is -0.359 e. The smallest absolute Gasteiger partial charge is 0.246 e. The predicted molar refractivity (Wildman–Crippen MR) is 82.9 cm³/mol. The van der Waals surface area contributed by atoms with E-state index in [0.717, 1.165) is 16.9 Å². The Morgan fingerprint density at radius 3 is 2.96 bits per heavy atom. The van der Waals surface area contributed by atoms with E-state index in [4.69, 9.17) is 9.51 Å². The van der Waals surface area contributed by atoms with Gasteiger partial charge in [0.2, 0.25) is 11.8 Å². The lowest BCUT2D eigenvalue weighted by atomic mass is 10.3. The average Bonchev–Trinajstić information content (AvgIpc) is 3.22. The number of rotatable bonds is 5. The van der Waals surface area contributed by atoms with Gasteiger partial charge in [0.05, 0.1) is 17.5 Å². The van der Waals surface area contributed by atoms with Crippen molar-refractivity contribution in [3.63, 3.8) is 0 Å². The Morgan fingerprint density at radius 1 is 1.35 bits per heavy atom. The summed E-state index contributed by atoms with van der Waals surface area (Å²) in [4.78, 5) is 20.4. The fourth-order valence-corrected chi connectivity index (χ4v) is 2.71. The average molecular weight is 311 g/mol. The molecule has 3 aromatic rings. The lowest BCUT2D eigenvalue weighted by Gasteiger charge is -2.05. The van der Waals surface area contributed by atoms with Crippen molar-refractivity contribution < 1.29 is 9.32 Å². The summed E-state index contributed by atoms with van der Waals surface area (Å²) >= 11 is 0. The number of imidazole rings is 1. The zero-order valence-corrected chi connectivity index (χ0v) is 12.8. The first-order valence-electron chi connectivity index (χ1n) is 7.72. The van der Waals surface area contributed by atoms with Crippen LogP contribution in [0.2, 0.25) is 0 Å². The molecule has 23 heavy (non-hydrogen) atoms. The van der Waals surface area contributed by atoms with E-state index in [1.54, 1.807) is 7.05 Å². The van der Waals surface area contributed by atoms with Gasteiger partial charge in [-0.3, -0.25) is 4.79 Å². The summed E-state index contributed by atoms with van der Waals surface area (Å²) in [6, 6.07) is 8.06. The molecule has 7 heteroatoms. The fraction of sp³-hybridized carbons (Fsp3) is 0.375. The monoisotopic (exact) mass is 311 g/mol. The molecule has 0 saturated heterocycles. The Kier molecular flexibility index (Phi) is 3.33. The van der Waals surface area contributed by atoms with Crippen LogP contribution in [0, 0.1) is 0 Å². The topological polar surface area (TPSA) is 85.8 Å². The molecule has 7 nitrogen and oxygen atoms in total. The third-order valence-electron chi connectivity index (χ3n) is 4.03. The van der Waals surface area contributed by atoms with Gasteiger partial charge in [-0.15, -0.1) is 0 Å². The Labute approximate surface area is 132 Å². The van der Waals surface area contributed by atoms with E-state index in [0.29, 0.717) is 24.2 Å². The Bertz CT molecular complexity index is 862. The van der Waals surface area contributed by atoms with Crippen LogP contribution in [0.1, 0.15) is 36.3 Å². The molecule has 0 radical (unpaired) electrons. The lowest BCUT2D eigenvalue weighted by molar-refractivity contribution is -0.120. The number of fused-ring (bicyclic) bond motifs is 1.